The lowest BCUT2D eigenvalue weighted by Gasteiger charge is -2.32. The highest BCUT2D eigenvalue weighted by Crippen LogP contribution is 2.31. The first-order chi connectivity index (χ1) is 16.2. The average molecular weight is 583 g/mol. The molecule has 2 rings (SSSR count). The summed E-state index contributed by atoms with van der Waals surface area (Å²) in [5.41, 5.74) is 0.593. The summed E-state index contributed by atoms with van der Waals surface area (Å²) in [5.74, 6) is -1.02. The van der Waals surface area contributed by atoms with Crippen LogP contribution in [0, 0.1) is 0 Å². The van der Waals surface area contributed by atoms with Crippen LogP contribution in [0.1, 0.15) is 32.8 Å². The third-order valence-corrected chi connectivity index (χ3v) is 7.65. The quantitative estimate of drug-likeness (QED) is 0.406. The Morgan fingerprint density at radius 3 is 2.14 bits per heavy atom. The molecule has 192 valence electrons. The van der Waals surface area contributed by atoms with Gasteiger partial charge in [-0.05, 0) is 56.2 Å². The summed E-state index contributed by atoms with van der Waals surface area (Å²) in [6, 6.07) is 8.05. The van der Waals surface area contributed by atoms with Crippen molar-refractivity contribution in [2.24, 2.45) is 0 Å². The highest BCUT2D eigenvalue weighted by molar-refractivity contribution is 7.92. The van der Waals surface area contributed by atoms with Crippen molar-refractivity contribution in [3.8, 4) is 0 Å². The summed E-state index contributed by atoms with van der Waals surface area (Å²) >= 11 is 24.6. The third-order valence-electron chi connectivity index (χ3n) is 5.38. The van der Waals surface area contributed by atoms with E-state index >= 15 is 0 Å². The number of hydrogen-bond acceptors (Lipinski definition) is 4. The Labute approximate surface area is 226 Å². The van der Waals surface area contributed by atoms with Gasteiger partial charge >= 0.3 is 0 Å². The van der Waals surface area contributed by atoms with Crippen molar-refractivity contribution >= 4 is 73.9 Å². The van der Waals surface area contributed by atoms with Crippen molar-refractivity contribution in [2.45, 2.75) is 45.8 Å². The van der Waals surface area contributed by atoms with Gasteiger partial charge in [-0.15, -0.1) is 0 Å². The first-order valence-corrected chi connectivity index (χ1v) is 14.1. The first kappa shape index (κ1) is 29.5. The van der Waals surface area contributed by atoms with E-state index < -0.39 is 28.5 Å². The van der Waals surface area contributed by atoms with Gasteiger partial charge in [0.25, 0.3) is 0 Å². The maximum absolute atomic E-state index is 13.5. The van der Waals surface area contributed by atoms with E-state index in [0.29, 0.717) is 22.0 Å². The van der Waals surface area contributed by atoms with Crippen molar-refractivity contribution in [3.63, 3.8) is 0 Å². The number of benzene rings is 2. The Balaban J connectivity index is 2.47. The molecule has 7 nitrogen and oxygen atoms in total. The van der Waals surface area contributed by atoms with Crippen LogP contribution in [0.5, 0.6) is 0 Å². The van der Waals surface area contributed by atoms with E-state index in [-0.39, 0.29) is 34.2 Å². The minimum Gasteiger partial charge on any atom is -0.352 e. The summed E-state index contributed by atoms with van der Waals surface area (Å²) in [6.07, 6.45) is 1.65. The van der Waals surface area contributed by atoms with Gasteiger partial charge in [0.05, 0.1) is 17.0 Å². The SMILES string of the molecule is CC[C@@H](C)NC(=O)[C@H](C)N(Cc1ccc(Cl)cc1Cl)C(=O)CN(c1cc(Cl)ccc1Cl)S(C)(=O)=O. The van der Waals surface area contributed by atoms with E-state index in [1.165, 1.54) is 29.2 Å². The molecule has 0 radical (unpaired) electrons. The zero-order valence-electron chi connectivity index (χ0n) is 19.7. The van der Waals surface area contributed by atoms with Crippen molar-refractivity contribution in [1.29, 1.82) is 0 Å². The smallest absolute Gasteiger partial charge is 0.244 e. The molecule has 0 saturated carbocycles. The molecule has 0 fully saturated rings. The molecule has 0 aliphatic carbocycles. The number of rotatable bonds is 10. The second-order valence-electron chi connectivity index (χ2n) is 8.12. The second kappa shape index (κ2) is 12.5. The van der Waals surface area contributed by atoms with Gasteiger partial charge in [-0.3, -0.25) is 13.9 Å². The maximum Gasteiger partial charge on any atom is 0.244 e. The van der Waals surface area contributed by atoms with Gasteiger partial charge in [-0.1, -0.05) is 59.4 Å². The van der Waals surface area contributed by atoms with E-state index in [1.807, 2.05) is 13.8 Å². The predicted molar refractivity (Wildman–Crippen MR) is 143 cm³/mol. The maximum atomic E-state index is 13.5. The molecule has 1 N–H and O–H groups in total. The molecule has 0 aromatic heterocycles. The molecule has 0 spiro atoms. The van der Waals surface area contributed by atoms with Gasteiger partial charge in [0.2, 0.25) is 21.8 Å². The summed E-state index contributed by atoms with van der Waals surface area (Å²) in [6.45, 7) is 4.68. The number of sulfonamides is 1. The predicted octanol–water partition coefficient (Wildman–Crippen LogP) is 5.40. The van der Waals surface area contributed by atoms with E-state index in [2.05, 4.69) is 5.32 Å². The van der Waals surface area contributed by atoms with Crippen molar-refractivity contribution in [3.05, 3.63) is 62.1 Å². The van der Waals surface area contributed by atoms with Crippen molar-refractivity contribution < 1.29 is 18.0 Å². The number of nitrogens with one attached hydrogen (secondary N) is 1. The Morgan fingerprint density at radius 2 is 1.57 bits per heavy atom. The van der Waals surface area contributed by atoms with Gasteiger partial charge < -0.3 is 10.2 Å². The number of amides is 2. The van der Waals surface area contributed by atoms with E-state index in [4.69, 9.17) is 46.4 Å². The van der Waals surface area contributed by atoms with Crippen LogP contribution in [0.2, 0.25) is 20.1 Å². The molecule has 0 saturated heterocycles. The van der Waals surface area contributed by atoms with E-state index in [0.717, 1.165) is 10.6 Å². The normalized spacial score (nSPS) is 13.1. The van der Waals surface area contributed by atoms with E-state index in [1.54, 1.807) is 19.1 Å². The molecule has 0 heterocycles. The lowest BCUT2D eigenvalue weighted by molar-refractivity contribution is -0.139. The number of hydrogen-bond donors (Lipinski definition) is 1. The monoisotopic (exact) mass is 581 g/mol. The molecule has 2 aromatic carbocycles. The van der Waals surface area contributed by atoms with E-state index in [9.17, 15) is 18.0 Å². The molecule has 2 atom stereocenters. The minimum absolute atomic E-state index is 0.0508. The van der Waals surface area contributed by atoms with Crippen LogP contribution in [0.4, 0.5) is 5.69 Å². The molecular weight excluding hydrogens is 556 g/mol. The van der Waals surface area contributed by atoms with Crippen molar-refractivity contribution in [1.82, 2.24) is 10.2 Å². The Morgan fingerprint density at radius 1 is 0.971 bits per heavy atom. The van der Waals surface area contributed by atoms with Crippen LogP contribution < -0.4 is 9.62 Å². The highest BCUT2D eigenvalue weighted by atomic mass is 35.5. The standard InChI is InChI=1S/C23H27Cl4N3O4S/c1-5-14(2)28-23(32)15(3)29(12-16-6-7-17(24)10-20(16)27)22(31)13-30(35(4,33)34)21-11-18(25)8-9-19(21)26/h6-11,14-15H,5,12-13H2,1-4H3,(H,28,32)/t14-,15+/m1/s1. The second-order valence-corrected chi connectivity index (χ2v) is 11.7. The van der Waals surface area contributed by atoms with Crippen LogP contribution in [0.25, 0.3) is 0 Å². The molecule has 0 unspecified atom stereocenters. The van der Waals surface area contributed by atoms with Gasteiger partial charge in [0.15, 0.2) is 0 Å². The number of halogens is 4. The zero-order valence-corrected chi connectivity index (χ0v) is 23.5. The van der Waals surface area contributed by atoms with Crippen molar-refractivity contribution in [2.75, 3.05) is 17.1 Å². The Kier molecular flexibility index (Phi) is 10.5. The fourth-order valence-corrected chi connectivity index (χ4v) is 4.91. The fourth-order valence-electron chi connectivity index (χ4n) is 3.15. The van der Waals surface area contributed by atoms with Gasteiger partial charge in [0, 0.05) is 27.7 Å². The number of nitrogens with zero attached hydrogens (tertiary/aromatic N) is 2. The lowest BCUT2D eigenvalue weighted by Crippen LogP contribution is -2.52. The van der Waals surface area contributed by atoms with Crippen LogP contribution in [0.3, 0.4) is 0 Å². The Bertz CT molecular complexity index is 1190. The number of anilines is 1. The van der Waals surface area contributed by atoms with Gasteiger partial charge in [0.1, 0.15) is 12.6 Å². The van der Waals surface area contributed by atoms with Gasteiger partial charge in [-0.2, -0.15) is 0 Å². The molecule has 35 heavy (non-hydrogen) atoms. The molecule has 0 aliphatic heterocycles. The number of carbonyl (C=O) groups is 2. The minimum atomic E-state index is -3.94. The molecule has 0 bridgehead atoms. The number of carbonyl (C=O) groups excluding carboxylic acids is 2. The third kappa shape index (κ3) is 8.15. The summed E-state index contributed by atoms with van der Waals surface area (Å²) in [5, 5.41) is 3.92. The van der Waals surface area contributed by atoms with Crippen LogP contribution in [0.15, 0.2) is 36.4 Å². The Hall–Kier alpha value is -1.71. The lowest BCUT2D eigenvalue weighted by atomic mass is 10.1. The van der Waals surface area contributed by atoms with Crippen LogP contribution in [-0.2, 0) is 26.2 Å². The fraction of sp³-hybridized carbons (Fsp3) is 0.391. The summed E-state index contributed by atoms with van der Waals surface area (Å²) in [7, 11) is -3.94. The largest absolute Gasteiger partial charge is 0.352 e. The summed E-state index contributed by atoms with van der Waals surface area (Å²) < 4.78 is 26.1. The molecular formula is C23H27Cl4N3O4S. The van der Waals surface area contributed by atoms with Gasteiger partial charge in [-0.25, -0.2) is 8.42 Å². The molecule has 0 aliphatic rings. The summed E-state index contributed by atoms with van der Waals surface area (Å²) in [4.78, 5) is 27.7. The molecule has 12 heteroatoms. The average Bonchev–Trinajstić information content (AvgIpc) is 2.77. The molecule has 2 amide bonds. The topological polar surface area (TPSA) is 86.8 Å². The van der Waals surface area contributed by atoms with Crippen LogP contribution >= 0.6 is 46.4 Å². The zero-order chi connectivity index (χ0) is 26.5. The first-order valence-electron chi connectivity index (χ1n) is 10.7. The highest BCUT2D eigenvalue weighted by Gasteiger charge is 2.31. The van der Waals surface area contributed by atoms with Crippen LogP contribution in [-0.4, -0.2) is 50.0 Å². The molecule has 2 aromatic rings.